The van der Waals surface area contributed by atoms with E-state index in [1.165, 1.54) is 25.9 Å². The molecule has 6 heteroatoms. The second kappa shape index (κ2) is 8.70. The van der Waals surface area contributed by atoms with Gasteiger partial charge in [0.25, 0.3) is 0 Å². The molecule has 128 valence electrons. The summed E-state index contributed by atoms with van der Waals surface area (Å²) in [5.41, 5.74) is 0. The Labute approximate surface area is 133 Å². The Kier molecular flexibility index (Phi) is 6.92. The van der Waals surface area contributed by atoms with E-state index in [0.717, 1.165) is 25.9 Å². The van der Waals surface area contributed by atoms with Crippen LogP contribution in [-0.2, 0) is 9.47 Å². The number of urea groups is 1. The van der Waals surface area contributed by atoms with Crippen molar-refractivity contribution in [3.63, 3.8) is 0 Å². The van der Waals surface area contributed by atoms with Crippen LogP contribution in [0.1, 0.15) is 39.5 Å². The van der Waals surface area contributed by atoms with Crippen LogP contribution >= 0.6 is 0 Å². The highest BCUT2D eigenvalue weighted by Crippen LogP contribution is 2.26. The maximum atomic E-state index is 11.8. The van der Waals surface area contributed by atoms with Gasteiger partial charge in [0.15, 0.2) is 5.79 Å². The fourth-order valence-corrected chi connectivity index (χ4v) is 3.22. The Balaban J connectivity index is 1.49. The van der Waals surface area contributed by atoms with Gasteiger partial charge in [0, 0.05) is 19.5 Å². The van der Waals surface area contributed by atoms with E-state index in [2.05, 4.69) is 22.5 Å². The Morgan fingerprint density at radius 3 is 2.59 bits per heavy atom. The van der Waals surface area contributed by atoms with Crippen molar-refractivity contribution in [1.29, 1.82) is 0 Å². The number of nitrogens with one attached hydrogen (secondary N) is 2. The third kappa shape index (κ3) is 6.10. The first-order chi connectivity index (χ1) is 10.6. The minimum atomic E-state index is -0.479. The fourth-order valence-electron chi connectivity index (χ4n) is 3.22. The maximum absolute atomic E-state index is 11.8. The highest BCUT2D eigenvalue weighted by Gasteiger charge is 2.32. The SMILES string of the molecule is CC(CNC(=O)NCCCN1CCCC1)CC1(C)OCCO1. The van der Waals surface area contributed by atoms with Gasteiger partial charge in [-0.25, -0.2) is 4.79 Å². The van der Waals surface area contributed by atoms with Crippen LogP contribution in [-0.4, -0.2) is 62.7 Å². The molecule has 2 fully saturated rings. The fraction of sp³-hybridized carbons (Fsp3) is 0.938. The van der Waals surface area contributed by atoms with Gasteiger partial charge in [-0.2, -0.15) is 0 Å². The smallest absolute Gasteiger partial charge is 0.314 e. The number of carbonyl (C=O) groups is 1. The average molecular weight is 313 g/mol. The monoisotopic (exact) mass is 313 g/mol. The lowest BCUT2D eigenvalue weighted by Gasteiger charge is -2.26. The first-order valence-corrected chi connectivity index (χ1v) is 8.59. The molecule has 2 rings (SSSR count). The van der Waals surface area contributed by atoms with Crippen LogP contribution < -0.4 is 10.6 Å². The molecule has 0 aromatic carbocycles. The summed E-state index contributed by atoms with van der Waals surface area (Å²) in [6, 6.07) is -0.0771. The minimum Gasteiger partial charge on any atom is -0.348 e. The summed E-state index contributed by atoms with van der Waals surface area (Å²) >= 11 is 0. The summed E-state index contributed by atoms with van der Waals surface area (Å²) in [5.74, 6) is -0.161. The van der Waals surface area contributed by atoms with Gasteiger partial charge in [-0.15, -0.1) is 0 Å². The largest absolute Gasteiger partial charge is 0.348 e. The molecule has 2 saturated heterocycles. The van der Waals surface area contributed by atoms with Gasteiger partial charge in [0.05, 0.1) is 13.2 Å². The summed E-state index contributed by atoms with van der Waals surface area (Å²) < 4.78 is 11.2. The van der Waals surface area contributed by atoms with Gasteiger partial charge < -0.3 is 25.0 Å². The number of ether oxygens (including phenoxy) is 2. The van der Waals surface area contributed by atoms with Crippen molar-refractivity contribution < 1.29 is 14.3 Å². The van der Waals surface area contributed by atoms with E-state index in [0.29, 0.717) is 25.7 Å². The number of hydrogen-bond acceptors (Lipinski definition) is 4. The first kappa shape index (κ1) is 17.5. The van der Waals surface area contributed by atoms with E-state index in [4.69, 9.17) is 9.47 Å². The number of likely N-dealkylation sites (tertiary alicyclic amines) is 1. The van der Waals surface area contributed by atoms with E-state index < -0.39 is 5.79 Å². The molecule has 2 aliphatic rings. The third-order valence-electron chi connectivity index (χ3n) is 4.36. The van der Waals surface area contributed by atoms with Crippen molar-refractivity contribution in [3.05, 3.63) is 0 Å². The molecule has 0 saturated carbocycles. The summed E-state index contributed by atoms with van der Waals surface area (Å²) in [5, 5.41) is 5.85. The van der Waals surface area contributed by atoms with Crippen LogP contribution in [0, 0.1) is 5.92 Å². The van der Waals surface area contributed by atoms with Gasteiger partial charge in [0.2, 0.25) is 0 Å². The van der Waals surface area contributed by atoms with Crippen LogP contribution in [0.3, 0.4) is 0 Å². The van der Waals surface area contributed by atoms with Gasteiger partial charge >= 0.3 is 6.03 Å². The highest BCUT2D eigenvalue weighted by atomic mass is 16.7. The predicted molar refractivity (Wildman–Crippen MR) is 85.8 cm³/mol. The zero-order chi connectivity index (χ0) is 15.8. The Hall–Kier alpha value is -0.850. The van der Waals surface area contributed by atoms with Crippen molar-refractivity contribution in [1.82, 2.24) is 15.5 Å². The maximum Gasteiger partial charge on any atom is 0.314 e. The molecular formula is C16H31N3O3. The van der Waals surface area contributed by atoms with Crippen molar-refractivity contribution >= 4 is 6.03 Å². The van der Waals surface area contributed by atoms with Crippen LogP contribution in [0.4, 0.5) is 4.79 Å². The molecule has 2 heterocycles. The molecule has 0 aromatic heterocycles. The van der Waals surface area contributed by atoms with Crippen LogP contribution in [0.5, 0.6) is 0 Å². The third-order valence-corrected chi connectivity index (χ3v) is 4.36. The summed E-state index contributed by atoms with van der Waals surface area (Å²) in [6.07, 6.45) is 4.45. The summed E-state index contributed by atoms with van der Waals surface area (Å²) in [4.78, 5) is 14.2. The first-order valence-electron chi connectivity index (χ1n) is 8.59. The van der Waals surface area contributed by atoms with Crippen molar-refractivity contribution in [2.45, 2.75) is 45.3 Å². The topological polar surface area (TPSA) is 62.8 Å². The second-order valence-electron chi connectivity index (χ2n) is 6.68. The van der Waals surface area contributed by atoms with Crippen LogP contribution in [0.25, 0.3) is 0 Å². The van der Waals surface area contributed by atoms with Crippen molar-refractivity contribution in [3.8, 4) is 0 Å². The molecule has 0 aliphatic carbocycles. The minimum absolute atomic E-state index is 0.0771. The van der Waals surface area contributed by atoms with Crippen molar-refractivity contribution in [2.24, 2.45) is 5.92 Å². The zero-order valence-corrected chi connectivity index (χ0v) is 14.0. The molecule has 6 nitrogen and oxygen atoms in total. The zero-order valence-electron chi connectivity index (χ0n) is 14.0. The van der Waals surface area contributed by atoms with Gasteiger partial charge in [-0.1, -0.05) is 6.92 Å². The lowest BCUT2D eigenvalue weighted by atomic mass is 10.0. The lowest BCUT2D eigenvalue weighted by Crippen LogP contribution is -2.40. The molecule has 1 unspecified atom stereocenters. The molecule has 1 atom stereocenters. The van der Waals surface area contributed by atoms with E-state index in [9.17, 15) is 4.79 Å². The van der Waals surface area contributed by atoms with Crippen LogP contribution in [0.15, 0.2) is 0 Å². The van der Waals surface area contributed by atoms with E-state index in [-0.39, 0.29) is 6.03 Å². The molecule has 0 spiro atoms. The molecule has 2 aliphatic heterocycles. The summed E-state index contributed by atoms with van der Waals surface area (Å²) in [7, 11) is 0. The van der Waals surface area contributed by atoms with Crippen LogP contribution in [0.2, 0.25) is 0 Å². The second-order valence-corrected chi connectivity index (χ2v) is 6.68. The molecule has 0 aromatic rings. The molecule has 22 heavy (non-hydrogen) atoms. The molecule has 0 bridgehead atoms. The normalized spacial score (nSPS) is 22.6. The molecule has 2 N–H and O–H groups in total. The lowest BCUT2D eigenvalue weighted by molar-refractivity contribution is -0.153. The Bertz CT molecular complexity index is 340. The van der Waals surface area contributed by atoms with Gasteiger partial charge in [-0.05, 0) is 51.7 Å². The van der Waals surface area contributed by atoms with Gasteiger partial charge in [0.1, 0.15) is 0 Å². The number of amides is 2. The van der Waals surface area contributed by atoms with Gasteiger partial charge in [-0.3, -0.25) is 0 Å². The van der Waals surface area contributed by atoms with E-state index >= 15 is 0 Å². The number of hydrogen-bond donors (Lipinski definition) is 2. The molecule has 2 amide bonds. The summed E-state index contributed by atoms with van der Waals surface area (Å²) in [6.45, 7) is 10.3. The number of rotatable bonds is 8. The standard InChI is InChI=1S/C16H31N3O3/c1-14(12-16(2)21-10-11-22-16)13-18-15(20)17-6-5-9-19-7-3-4-8-19/h14H,3-13H2,1-2H3,(H2,17,18,20). The Morgan fingerprint density at radius 1 is 1.23 bits per heavy atom. The number of carbonyl (C=O) groups excluding carboxylic acids is 1. The predicted octanol–water partition coefficient (Wildman–Crippen LogP) is 1.56. The molecular weight excluding hydrogens is 282 g/mol. The highest BCUT2D eigenvalue weighted by molar-refractivity contribution is 5.73. The number of nitrogens with zero attached hydrogens (tertiary/aromatic N) is 1. The average Bonchev–Trinajstić information content (AvgIpc) is 3.13. The van der Waals surface area contributed by atoms with E-state index in [1.54, 1.807) is 0 Å². The Morgan fingerprint density at radius 2 is 1.91 bits per heavy atom. The van der Waals surface area contributed by atoms with E-state index in [1.807, 2.05) is 6.92 Å². The molecule has 0 radical (unpaired) electrons. The van der Waals surface area contributed by atoms with Crippen molar-refractivity contribution in [2.75, 3.05) is 45.9 Å². The quantitative estimate of drug-likeness (QED) is 0.668.